The largest absolute Gasteiger partial charge is 0.369 e. The van der Waals surface area contributed by atoms with Gasteiger partial charge in [-0.1, -0.05) is 44.2 Å². The molecule has 2 N–H and O–H groups in total. The summed E-state index contributed by atoms with van der Waals surface area (Å²) < 4.78 is 4.18. The molecule has 0 saturated heterocycles. The van der Waals surface area contributed by atoms with Crippen LogP contribution in [-0.4, -0.2) is 19.1 Å². The quantitative estimate of drug-likeness (QED) is 0.611. The molecule has 0 bridgehead atoms. The molecule has 0 saturated carbocycles. The Morgan fingerprint density at radius 2 is 1.88 bits per heavy atom. The second-order valence-corrected chi connectivity index (χ2v) is 6.63. The molecule has 4 aromatic rings. The highest BCUT2D eigenvalue weighted by atomic mass is 15.2. The smallest absolute Gasteiger partial charge is 0.201 e. The maximum atomic E-state index is 6.12. The highest BCUT2D eigenvalue weighted by molar-refractivity contribution is 5.81. The van der Waals surface area contributed by atoms with Crippen LogP contribution in [0, 0.1) is 5.92 Å². The maximum Gasteiger partial charge on any atom is 0.201 e. The second kappa shape index (κ2) is 6.09. The van der Waals surface area contributed by atoms with Crippen LogP contribution in [0.15, 0.2) is 60.9 Å². The second-order valence-electron chi connectivity index (χ2n) is 6.63. The summed E-state index contributed by atoms with van der Waals surface area (Å²) in [5, 5.41) is 0. The first-order valence-electron chi connectivity index (χ1n) is 8.48. The van der Waals surface area contributed by atoms with Gasteiger partial charge in [0.15, 0.2) is 0 Å². The monoisotopic (exact) mass is 331 g/mol. The van der Waals surface area contributed by atoms with Gasteiger partial charge in [0, 0.05) is 30.2 Å². The third kappa shape index (κ3) is 2.78. The Bertz CT molecular complexity index is 1010. The van der Waals surface area contributed by atoms with Crippen LogP contribution in [0.5, 0.6) is 0 Å². The van der Waals surface area contributed by atoms with Gasteiger partial charge in [0.25, 0.3) is 0 Å². The summed E-state index contributed by atoms with van der Waals surface area (Å²) in [6.07, 6.45) is 3.81. The lowest BCUT2D eigenvalue weighted by Crippen LogP contribution is -2.08. The predicted molar refractivity (Wildman–Crippen MR) is 102 cm³/mol. The molecule has 126 valence electrons. The molecule has 0 aliphatic rings. The van der Waals surface area contributed by atoms with Crippen molar-refractivity contribution < 1.29 is 0 Å². The standard InChI is InChI=1S/C20H21N5/c1-14(2)13-25-18-12-16(8-9-17(18)23-20(25)21)24-11-10-22-19(24)15-6-4-3-5-7-15/h3-12,14H,13H2,1-2H3,(H2,21,23). The van der Waals surface area contributed by atoms with Crippen LogP contribution in [-0.2, 0) is 6.54 Å². The molecule has 0 spiro atoms. The van der Waals surface area contributed by atoms with E-state index in [2.05, 4.69) is 57.2 Å². The highest BCUT2D eigenvalue weighted by Crippen LogP contribution is 2.26. The lowest BCUT2D eigenvalue weighted by molar-refractivity contribution is 0.538. The molecule has 0 radical (unpaired) electrons. The first-order valence-corrected chi connectivity index (χ1v) is 8.48. The Kier molecular flexibility index (Phi) is 3.76. The predicted octanol–water partition coefficient (Wildman–Crippen LogP) is 4.13. The Labute approximate surface area is 146 Å². The Hall–Kier alpha value is -3.08. The molecule has 0 amide bonds. The van der Waals surface area contributed by atoms with Gasteiger partial charge in [-0.2, -0.15) is 0 Å². The summed E-state index contributed by atoms with van der Waals surface area (Å²) in [4.78, 5) is 9.02. The molecule has 2 aromatic carbocycles. The van der Waals surface area contributed by atoms with Crippen molar-refractivity contribution in [3.05, 3.63) is 60.9 Å². The van der Waals surface area contributed by atoms with E-state index in [1.54, 1.807) is 0 Å². The number of benzene rings is 2. The minimum atomic E-state index is 0.497. The molecule has 0 unspecified atom stereocenters. The van der Waals surface area contributed by atoms with Gasteiger partial charge in [-0.25, -0.2) is 9.97 Å². The number of fused-ring (bicyclic) bond motifs is 1. The molecule has 25 heavy (non-hydrogen) atoms. The number of hydrogen-bond donors (Lipinski definition) is 1. The fraction of sp³-hybridized carbons (Fsp3) is 0.200. The lowest BCUT2D eigenvalue weighted by Gasteiger charge is -2.11. The van der Waals surface area contributed by atoms with E-state index in [9.17, 15) is 0 Å². The van der Waals surface area contributed by atoms with Gasteiger partial charge in [0.05, 0.1) is 11.0 Å². The van der Waals surface area contributed by atoms with Gasteiger partial charge in [-0.3, -0.25) is 4.57 Å². The third-order valence-electron chi connectivity index (χ3n) is 4.26. The molecule has 0 aliphatic heterocycles. The van der Waals surface area contributed by atoms with E-state index in [0.717, 1.165) is 34.7 Å². The number of anilines is 1. The van der Waals surface area contributed by atoms with Gasteiger partial charge in [-0.05, 0) is 24.1 Å². The first kappa shape index (κ1) is 15.4. The SMILES string of the molecule is CC(C)Cn1c(N)nc2ccc(-n3ccnc3-c3ccccc3)cc21. The number of aromatic nitrogens is 4. The topological polar surface area (TPSA) is 61.7 Å². The highest BCUT2D eigenvalue weighted by Gasteiger charge is 2.13. The number of nitrogens with two attached hydrogens (primary N) is 1. The molecular formula is C20H21N5. The fourth-order valence-corrected chi connectivity index (χ4v) is 3.15. The zero-order valence-corrected chi connectivity index (χ0v) is 14.4. The molecule has 2 aromatic heterocycles. The average molecular weight is 331 g/mol. The van der Waals surface area contributed by atoms with Crippen LogP contribution >= 0.6 is 0 Å². The average Bonchev–Trinajstić information content (AvgIpc) is 3.20. The summed E-state index contributed by atoms with van der Waals surface area (Å²) in [7, 11) is 0. The number of hydrogen-bond acceptors (Lipinski definition) is 3. The van der Waals surface area contributed by atoms with E-state index in [4.69, 9.17) is 5.73 Å². The third-order valence-corrected chi connectivity index (χ3v) is 4.26. The Morgan fingerprint density at radius 1 is 1.08 bits per heavy atom. The Balaban J connectivity index is 1.85. The van der Waals surface area contributed by atoms with Crippen LogP contribution in [0.2, 0.25) is 0 Å². The Morgan fingerprint density at radius 3 is 2.64 bits per heavy atom. The molecule has 4 rings (SSSR count). The van der Waals surface area contributed by atoms with Crippen molar-refractivity contribution in [3.8, 4) is 17.1 Å². The summed E-state index contributed by atoms with van der Waals surface area (Å²) in [5.41, 5.74) is 10.2. The molecule has 5 heteroatoms. The summed E-state index contributed by atoms with van der Waals surface area (Å²) in [6.45, 7) is 5.21. The van der Waals surface area contributed by atoms with Crippen molar-refractivity contribution in [1.82, 2.24) is 19.1 Å². The normalized spacial score (nSPS) is 11.5. The van der Waals surface area contributed by atoms with E-state index in [1.807, 2.05) is 36.7 Å². The minimum Gasteiger partial charge on any atom is -0.369 e. The van der Waals surface area contributed by atoms with Crippen molar-refractivity contribution in [1.29, 1.82) is 0 Å². The van der Waals surface area contributed by atoms with E-state index in [1.165, 1.54) is 0 Å². The summed E-state index contributed by atoms with van der Waals surface area (Å²) in [5.74, 6) is 1.98. The number of imidazole rings is 2. The van der Waals surface area contributed by atoms with Crippen molar-refractivity contribution in [2.75, 3.05) is 5.73 Å². The van der Waals surface area contributed by atoms with E-state index < -0.39 is 0 Å². The molecular weight excluding hydrogens is 310 g/mol. The first-order chi connectivity index (χ1) is 12.1. The summed E-state index contributed by atoms with van der Waals surface area (Å²) >= 11 is 0. The molecule has 5 nitrogen and oxygen atoms in total. The van der Waals surface area contributed by atoms with Crippen molar-refractivity contribution >= 4 is 17.0 Å². The fourth-order valence-electron chi connectivity index (χ4n) is 3.15. The maximum absolute atomic E-state index is 6.12. The van der Waals surface area contributed by atoms with Gasteiger partial charge >= 0.3 is 0 Å². The summed E-state index contributed by atoms with van der Waals surface area (Å²) in [6, 6.07) is 16.4. The number of rotatable bonds is 4. The molecule has 2 heterocycles. The molecule has 0 fully saturated rings. The van der Waals surface area contributed by atoms with Crippen LogP contribution < -0.4 is 5.73 Å². The van der Waals surface area contributed by atoms with E-state index in [0.29, 0.717) is 11.9 Å². The van der Waals surface area contributed by atoms with E-state index in [-0.39, 0.29) is 0 Å². The minimum absolute atomic E-state index is 0.497. The zero-order chi connectivity index (χ0) is 17.4. The lowest BCUT2D eigenvalue weighted by atomic mass is 10.2. The number of nitrogens with zero attached hydrogens (tertiary/aromatic N) is 4. The van der Waals surface area contributed by atoms with Gasteiger partial charge in [0.2, 0.25) is 5.95 Å². The van der Waals surface area contributed by atoms with Gasteiger partial charge < -0.3 is 10.3 Å². The van der Waals surface area contributed by atoms with Crippen molar-refractivity contribution in [3.63, 3.8) is 0 Å². The van der Waals surface area contributed by atoms with Crippen LogP contribution in [0.3, 0.4) is 0 Å². The van der Waals surface area contributed by atoms with Crippen LogP contribution in [0.25, 0.3) is 28.1 Å². The van der Waals surface area contributed by atoms with Gasteiger partial charge in [-0.15, -0.1) is 0 Å². The van der Waals surface area contributed by atoms with Gasteiger partial charge in [0.1, 0.15) is 5.82 Å². The zero-order valence-electron chi connectivity index (χ0n) is 14.4. The molecule has 0 atom stereocenters. The van der Waals surface area contributed by atoms with Crippen LogP contribution in [0.4, 0.5) is 5.95 Å². The van der Waals surface area contributed by atoms with Crippen molar-refractivity contribution in [2.24, 2.45) is 5.92 Å². The number of nitrogen functional groups attached to an aromatic ring is 1. The van der Waals surface area contributed by atoms with E-state index >= 15 is 0 Å². The van der Waals surface area contributed by atoms with Crippen LogP contribution in [0.1, 0.15) is 13.8 Å². The van der Waals surface area contributed by atoms with Crippen molar-refractivity contribution in [2.45, 2.75) is 20.4 Å². The molecule has 0 aliphatic carbocycles.